The Morgan fingerprint density at radius 2 is 1.00 bits per heavy atom. The molecule has 0 atom stereocenters. The van der Waals surface area contributed by atoms with Gasteiger partial charge in [-0.2, -0.15) is 0 Å². The van der Waals surface area contributed by atoms with Crippen LogP contribution in [0.4, 0.5) is 0 Å². The summed E-state index contributed by atoms with van der Waals surface area (Å²) in [5, 5.41) is 0. The van der Waals surface area contributed by atoms with Crippen LogP contribution < -0.4 is 18.9 Å². The largest absolute Gasteiger partial charge is 0.493 e. The predicted octanol–water partition coefficient (Wildman–Crippen LogP) is 3.89. The second-order valence-electron chi connectivity index (χ2n) is 4.50. The molecule has 0 saturated heterocycles. The molecule has 0 radical (unpaired) electrons. The Bertz CT molecular complexity index is 605. The Morgan fingerprint density at radius 1 is 0.591 bits per heavy atom. The highest BCUT2D eigenvalue weighted by atomic mass is 16.5. The van der Waals surface area contributed by atoms with Crippen molar-refractivity contribution >= 4 is 12.2 Å². The zero-order valence-electron chi connectivity index (χ0n) is 13.3. The standard InChI is InChI=1S/C18H20O4/c1-19-15-9-5-7-13(17(15)21-3)11-12-14-8-6-10-16(20-2)18(14)22-4/h5-12H,1-4H3/b12-11+. The number of rotatable bonds is 6. The van der Waals surface area contributed by atoms with Gasteiger partial charge in [-0.05, 0) is 12.1 Å². The molecule has 0 aliphatic rings. The molecule has 4 nitrogen and oxygen atoms in total. The predicted molar refractivity (Wildman–Crippen MR) is 88.0 cm³/mol. The minimum Gasteiger partial charge on any atom is -0.493 e. The van der Waals surface area contributed by atoms with E-state index in [-0.39, 0.29) is 0 Å². The third-order valence-corrected chi connectivity index (χ3v) is 3.31. The fourth-order valence-corrected chi connectivity index (χ4v) is 2.27. The van der Waals surface area contributed by atoms with Crippen LogP contribution in [0.15, 0.2) is 36.4 Å². The van der Waals surface area contributed by atoms with E-state index in [1.165, 1.54) is 0 Å². The normalized spacial score (nSPS) is 10.5. The molecule has 0 saturated carbocycles. The van der Waals surface area contributed by atoms with Crippen molar-refractivity contribution in [2.24, 2.45) is 0 Å². The fraction of sp³-hybridized carbons (Fsp3) is 0.222. The highest BCUT2D eigenvalue weighted by molar-refractivity contribution is 5.77. The summed E-state index contributed by atoms with van der Waals surface area (Å²) < 4.78 is 21.5. The smallest absolute Gasteiger partial charge is 0.167 e. The minimum atomic E-state index is 0.697. The number of ether oxygens (including phenoxy) is 4. The van der Waals surface area contributed by atoms with Gasteiger partial charge < -0.3 is 18.9 Å². The lowest BCUT2D eigenvalue weighted by atomic mass is 10.1. The molecule has 2 aromatic carbocycles. The second-order valence-corrected chi connectivity index (χ2v) is 4.50. The first-order valence-corrected chi connectivity index (χ1v) is 6.85. The van der Waals surface area contributed by atoms with Crippen LogP contribution in [-0.2, 0) is 0 Å². The number of hydrogen-bond donors (Lipinski definition) is 0. The molecular weight excluding hydrogens is 280 g/mol. The summed E-state index contributed by atoms with van der Waals surface area (Å²) in [6.45, 7) is 0. The summed E-state index contributed by atoms with van der Waals surface area (Å²) in [6, 6.07) is 11.5. The molecule has 4 heteroatoms. The maximum Gasteiger partial charge on any atom is 0.167 e. The molecule has 0 bridgehead atoms. The van der Waals surface area contributed by atoms with Crippen LogP contribution in [0.3, 0.4) is 0 Å². The van der Waals surface area contributed by atoms with Gasteiger partial charge in [0.05, 0.1) is 28.4 Å². The first-order valence-electron chi connectivity index (χ1n) is 6.85. The van der Waals surface area contributed by atoms with Crippen LogP contribution in [-0.4, -0.2) is 28.4 Å². The van der Waals surface area contributed by atoms with E-state index in [1.54, 1.807) is 28.4 Å². The van der Waals surface area contributed by atoms with Gasteiger partial charge in [-0.3, -0.25) is 0 Å². The molecular formula is C18H20O4. The monoisotopic (exact) mass is 300 g/mol. The van der Waals surface area contributed by atoms with Crippen LogP contribution in [0.2, 0.25) is 0 Å². The van der Waals surface area contributed by atoms with Gasteiger partial charge in [-0.15, -0.1) is 0 Å². The lowest BCUT2D eigenvalue weighted by Gasteiger charge is -2.11. The van der Waals surface area contributed by atoms with Crippen LogP contribution in [0, 0.1) is 0 Å². The van der Waals surface area contributed by atoms with E-state index in [4.69, 9.17) is 18.9 Å². The number of methoxy groups -OCH3 is 4. The van der Waals surface area contributed by atoms with Crippen LogP contribution in [0.5, 0.6) is 23.0 Å². The van der Waals surface area contributed by atoms with Crippen LogP contribution >= 0.6 is 0 Å². The van der Waals surface area contributed by atoms with Crippen molar-refractivity contribution in [3.8, 4) is 23.0 Å². The molecule has 0 unspecified atom stereocenters. The molecule has 116 valence electrons. The van der Waals surface area contributed by atoms with Gasteiger partial charge in [0.1, 0.15) is 0 Å². The van der Waals surface area contributed by atoms with Crippen molar-refractivity contribution < 1.29 is 18.9 Å². The Balaban J connectivity index is 2.41. The third kappa shape index (κ3) is 3.17. The molecule has 0 amide bonds. The van der Waals surface area contributed by atoms with Crippen molar-refractivity contribution in [2.45, 2.75) is 0 Å². The van der Waals surface area contributed by atoms with E-state index in [9.17, 15) is 0 Å². The molecule has 0 heterocycles. The molecule has 0 aliphatic carbocycles. The number of hydrogen-bond acceptors (Lipinski definition) is 4. The van der Waals surface area contributed by atoms with E-state index in [0.29, 0.717) is 23.0 Å². The third-order valence-electron chi connectivity index (χ3n) is 3.31. The summed E-state index contributed by atoms with van der Waals surface area (Å²) in [5.74, 6) is 2.79. The molecule has 2 rings (SSSR count). The van der Waals surface area contributed by atoms with Gasteiger partial charge >= 0.3 is 0 Å². The van der Waals surface area contributed by atoms with Gasteiger partial charge in [0.15, 0.2) is 23.0 Å². The van der Waals surface area contributed by atoms with E-state index in [2.05, 4.69) is 0 Å². The average Bonchev–Trinajstić information content (AvgIpc) is 2.58. The Kier molecular flexibility index (Phi) is 5.31. The lowest BCUT2D eigenvalue weighted by molar-refractivity contribution is 0.354. The summed E-state index contributed by atoms with van der Waals surface area (Å²) in [4.78, 5) is 0. The molecule has 0 N–H and O–H groups in total. The number of benzene rings is 2. The molecule has 0 fully saturated rings. The summed E-state index contributed by atoms with van der Waals surface area (Å²) >= 11 is 0. The summed E-state index contributed by atoms with van der Waals surface area (Å²) in [7, 11) is 6.50. The van der Waals surface area contributed by atoms with E-state index < -0.39 is 0 Å². The molecule has 0 aromatic heterocycles. The van der Waals surface area contributed by atoms with E-state index >= 15 is 0 Å². The quantitative estimate of drug-likeness (QED) is 0.758. The number of para-hydroxylation sites is 2. The van der Waals surface area contributed by atoms with Crippen LogP contribution in [0.1, 0.15) is 11.1 Å². The lowest BCUT2D eigenvalue weighted by Crippen LogP contribution is -1.93. The molecule has 0 spiro atoms. The minimum absolute atomic E-state index is 0.697. The van der Waals surface area contributed by atoms with Crippen LogP contribution in [0.25, 0.3) is 12.2 Å². The van der Waals surface area contributed by atoms with Gasteiger partial charge in [0.25, 0.3) is 0 Å². The van der Waals surface area contributed by atoms with E-state index in [1.807, 2.05) is 48.6 Å². The average molecular weight is 300 g/mol. The first-order chi connectivity index (χ1) is 10.7. The van der Waals surface area contributed by atoms with Gasteiger partial charge in [0.2, 0.25) is 0 Å². The summed E-state index contributed by atoms with van der Waals surface area (Å²) in [5.41, 5.74) is 1.85. The van der Waals surface area contributed by atoms with Crippen molar-refractivity contribution in [3.05, 3.63) is 47.5 Å². The van der Waals surface area contributed by atoms with Gasteiger partial charge in [-0.1, -0.05) is 36.4 Å². The van der Waals surface area contributed by atoms with Crippen molar-refractivity contribution in [3.63, 3.8) is 0 Å². The molecule has 2 aromatic rings. The van der Waals surface area contributed by atoms with E-state index in [0.717, 1.165) is 11.1 Å². The first kappa shape index (κ1) is 15.8. The molecule has 22 heavy (non-hydrogen) atoms. The zero-order valence-corrected chi connectivity index (χ0v) is 13.3. The van der Waals surface area contributed by atoms with Crippen molar-refractivity contribution in [1.82, 2.24) is 0 Å². The topological polar surface area (TPSA) is 36.9 Å². The summed E-state index contributed by atoms with van der Waals surface area (Å²) in [6.07, 6.45) is 3.91. The van der Waals surface area contributed by atoms with Crippen molar-refractivity contribution in [2.75, 3.05) is 28.4 Å². The van der Waals surface area contributed by atoms with Crippen molar-refractivity contribution in [1.29, 1.82) is 0 Å². The molecule has 0 aliphatic heterocycles. The highest BCUT2D eigenvalue weighted by Crippen LogP contribution is 2.34. The fourth-order valence-electron chi connectivity index (χ4n) is 2.27. The Labute approximate surface area is 130 Å². The zero-order chi connectivity index (χ0) is 15.9. The highest BCUT2D eigenvalue weighted by Gasteiger charge is 2.09. The maximum atomic E-state index is 5.43. The SMILES string of the molecule is COc1cccc(/C=C/c2cccc(OC)c2OC)c1OC. The van der Waals surface area contributed by atoms with Gasteiger partial charge in [0, 0.05) is 11.1 Å². The second kappa shape index (κ2) is 7.41. The Morgan fingerprint density at radius 3 is 1.32 bits per heavy atom. The van der Waals surface area contributed by atoms with Gasteiger partial charge in [-0.25, -0.2) is 0 Å². The maximum absolute atomic E-state index is 5.43. The Hall–Kier alpha value is -2.62.